The van der Waals surface area contributed by atoms with Crippen LogP contribution in [-0.2, 0) is 9.63 Å². The quantitative estimate of drug-likeness (QED) is 0.474. The van der Waals surface area contributed by atoms with Crippen molar-refractivity contribution in [1.82, 2.24) is 14.5 Å². The average Bonchev–Trinajstić information content (AvgIpc) is 3.15. The van der Waals surface area contributed by atoms with Gasteiger partial charge in [-0.05, 0) is 51.1 Å². The van der Waals surface area contributed by atoms with Crippen LogP contribution in [0.3, 0.4) is 0 Å². The van der Waals surface area contributed by atoms with Crippen molar-refractivity contribution in [2.75, 3.05) is 20.7 Å². The highest BCUT2D eigenvalue weighted by atomic mass is 19.1. The average molecular weight is 496 g/mol. The third kappa shape index (κ3) is 4.13. The Balaban J connectivity index is 1.72. The van der Waals surface area contributed by atoms with Crippen LogP contribution in [0.2, 0.25) is 0 Å². The van der Waals surface area contributed by atoms with E-state index in [1.165, 1.54) is 32.6 Å². The van der Waals surface area contributed by atoms with Crippen LogP contribution in [0.25, 0.3) is 11.3 Å². The van der Waals surface area contributed by atoms with Gasteiger partial charge >= 0.3 is 5.91 Å². The molecule has 1 aliphatic rings. The lowest BCUT2D eigenvalue weighted by atomic mass is 9.94. The molecule has 1 aliphatic heterocycles. The van der Waals surface area contributed by atoms with Crippen molar-refractivity contribution in [2.45, 2.75) is 26.4 Å². The van der Waals surface area contributed by atoms with E-state index in [1.807, 2.05) is 0 Å². The Morgan fingerprint density at radius 2 is 1.81 bits per heavy atom. The summed E-state index contributed by atoms with van der Waals surface area (Å²) in [5.41, 5.74) is -0.0479. The Bertz CT molecular complexity index is 1370. The number of amides is 1. The van der Waals surface area contributed by atoms with Gasteiger partial charge in [0.15, 0.2) is 16.9 Å². The molecule has 10 heteroatoms. The maximum absolute atomic E-state index is 14.3. The highest BCUT2D eigenvalue weighted by Crippen LogP contribution is 2.33. The second-order valence-electron chi connectivity index (χ2n) is 8.96. The summed E-state index contributed by atoms with van der Waals surface area (Å²) in [6.45, 7) is 5.16. The summed E-state index contributed by atoms with van der Waals surface area (Å²) in [7, 11) is 3.02. The number of Topliss-reactive ketones (excluding diaryl/α,β-unsaturated/α-hetero) is 1. The molecule has 3 aromatic rings. The smallest absolute Gasteiger partial charge is 0.358 e. The molecule has 36 heavy (non-hydrogen) atoms. The van der Waals surface area contributed by atoms with Crippen LogP contribution in [0, 0.1) is 11.6 Å². The van der Waals surface area contributed by atoms with Crippen LogP contribution in [0.15, 0.2) is 53.9 Å². The van der Waals surface area contributed by atoms with Crippen molar-refractivity contribution in [2.24, 2.45) is 5.16 Å². The van der Waals surface area contributed by atoms with Gasteiger partial charge in [0.25, 0.3) is 5.82 Å². The summed E-state index contributed by atoms with van der Waals surface area (Å²) in [4.78, 5) is 40.0. The third-order valence-electron chi connectivity index (χ3n) is 6.28. The lowest BCUT2D eigenvalue weighted by Crippen LogP contribution is -2.51. The van der Waals surface area contributed by atoms with Gasteiger partial charge in [0, 0.05) is 11.1 Å². The fourth-order valence-corrected chi connectivity index (χ4v) is 3.84. The van der Waals surface area contributed by atoms with Gasteiger partial charge in [-0.2, -0.15) is 0 Å². The molecule has 0 saturated carbocycles. The molecule has 4 rings (SSSR count). The van der Waals surface area contributed by atoms with Crippen LogP contribution >= 0.6 is 0 Å². The number of nitrogens with zero attached hydrogens (tertiary/aromatic N) is 4. The molecule has 186 valence electrons. The molecule has 1 atom stereocenters. The molecule has 2 aromatic carbocycles. The number of aromatic nitrogens is 2. The highest BCUT2D eigenvalue weighted by Gasteiger charge is 2.41. The summed E-state index contributed by atoms with van der Waals surface area (Å²) in [6.07, 6.45) is 2.82. The minimum absolute atomic E-state index is 0.178. The number of hydrogen-bond donors (Lipinski definition) is 0. The van der Waals surface area contributed by atoms with Crippen molar-refractivity contribution >= 4 is 23.2 Å². The van der Waals surface area contributed by atoms with Gasteiger partial charge in [0.1, 0.15) is 23.6 Å². The molecule has 1 amide bonds. The van der Waals surface area contributed by atoms with E-state index >= 15 is 0 Å². The van der Waals surface area contributed by atoms with Gasteiger partial charge in [-0.15, -0.1) is 0 Å². The fraction of sp³-hybridized carbons (Fsp3) is 0.269. The minimum atomic E-state index is -1.05. The molecule has 0 bridgehead atoms. The molecule has 2 heterocycles. The largest absolute Gasteiger partial charge is 0.496 e. The molecule has 0 N–H and O–H groups in total. The minimum Gasteiger partial charge on any atom is -0.496 e. The summed E-state index contributed by atoms with van der Waals surface area (Å²) >= 11 is 0. The van der Waals surface area contributed by atoms with E-state index in [1.54, 1.807) is 39.0 Å². The van der Waals surface area contributed by atoms with Gasteiger partial charge in [0.2, 0.25) is 5.78 Å². The van der Waals surface area contributed by atoms with E-state index < -0.39 is 33.2 Å². The van der Waals surface area contributed by atoms with Gasteiger partial charge in [-0.25, -0.2) is 28.0 Å². The normalized spacial score (nSPS) is 16.2. The predicted molar refractivity (Wildman–Crippen MR) is 130 cm³/mol. The Morgan fingerprint density at radius 3 is 2.33 bits per heavy atom. The second-order valence-corrected chi connectivity index (χ2v) is 8.96. The van der Waals surface area contributed by atoms with Crippen LogP contribution in [0.5, 0.6) is 5.75 Å². The third-order valence-corrected chi connectivity index (χ3v) is 6.28. The number of quaternary nitrogens is 1. The Kier molecular flexibility index (Phi) is 6.40. The summed E-state index contributed by atoms with van der Waals surface area (Å²) in [6, 6.07) is 8.34. The monoisotopic (exact) mass is 495 g/mol. The van der Waals surface area contributed by atoms with Crippen LogP contribution in [-0.4, -0.2) is 53.7 Å². The Labute approximate surface area is 206 Å². The number of benzene rings is 2. The van der Waals surface area contributed by atoms with Gasteiger partial charge in [0.05, 0.1) is 32.6 Å². The summed E-state index contributed by atoms with van der Waals surface area (Å²) in [5, 5.41) is 3.94. The first-order chi connectivity index (χ1) is 17.0. The first-order valence-electron chi connectivity index (χ1n) is 11.2. The van der Waals surface area contributed by atoms with Crippen molar-refractivity contribution in [3.8, 4) is 17.0 Å². The molecule has 0 fully saturated rings. The van der Waals surface area contributed by atoms with Crippen LogP contribution in [0.4, 0.5) is 14.6 Å². The zero-order chi connectivity index (χ0) is 26.3. The van der Waals surface area contributed by atoms with E-state index in [2.05, 4.69) is 15.1 Å². The molecular weight excluding hydrogens is 470 g/mol. The molecule has 0 spiro atoms. The maximum Gasteiger partial charge on any atom is 0.358 e. The molecule has 1 unspecified atom stereocenters. The Morgan fingerprint density at radius 1 is 1.11 bits per heavy atom. The maximum atomic E-state index is 14.3. The first-order valence-corrected chi connectivity index (χ1v) is 11.2. The number of halogens is 2. The van der Waals surface area contributed by atoms with E-state index in [-0.39, 0.29) is 23.9 Å². The number of ether oxygens (including phenoxy) is 1. The number of rotatable bonds is 6. The number of carbonyl (C=O) groups excluding carboxylic acids is 2. The zero-order valence-corrected chi connectivity index (χ0v) is 20.5. The standard InChI is InChI=1S/C26H25F2N4O4/c1-6-32(4,25(34)22-17(27)8-7-9-18(22)28)21-14-29-19(13-30-21)16-12-15(10-11-20(16)35-5)23-24(33)26(2,3)36-31-23/h7-14H,6H2,1-5H3/q+1. The Hall–Kier alpha value is -4.05. The van der Waals surface area contributed by atoms with Crippen LogP contribution < -0.4 is 9.22 Å². The number of methoxy groups -OCH3 is 1. The molecule has 1 aromatic heterocycles. The van der Waals surface area contributed by atoms with Gasteiger partial charge < -0.3 is 9.57 Å². The SMILES string of the molecule is CC[N+](C)(C(=O)c1c(F)cccc1F)c1cnc(-c2cc(C3=NOC(C)(C)C3=O)ccc2OC)cn1. The predicted octanol–water partition coefficient (Wildman–Crippen LogP) is 4.31. The molecule has 0 saturated heterocycles. The summed E-state index contributed by atoms with van der Waals surface area (Å²) < 4.78 is 33.6. The lowest BCUT2D eigenvalue weighted by molar-refractivity contribution is -0.128. The second kappa shape index (κ2) is 9.19. The zero-order valence-electron chi connectivity index (χ0n) is 20.5. The van der Waals surface area contributed by atoms with E-state index in [0.29, 0.717) is 22.6 Å². The fourth-order valence-electron chi connectivity index (χ4n) is 3.84. The van der Waals surface area contributed by atoms with Crippen molar-refractivity contribution in [1.29, 1.82) is 0 Å². The van der Waals surface area contributed by atoms with E-state index in [0.717, 1.165) is 12.1 Å². The summed E-state index contributed by atoms with van der Waals surface area (Å²) in [5.74, 6) is -2.25. The topological polar surface area (TPSA) is 90.7 Å². The first kappa shape index (κ1) is 25.1. The molecule has 0 aliphatic carbocycles. The van der Waals surface area contributed by atoms with Gasteiger partial charge in [-0.1, -0.05) is 11.2 Å². The number of ketones is 1. The van der Waals surface area contributed by atoms with E-state index in [9.17, 15) is 18.4 Å². The van der Waals surface area contributed by atoms with E-state index in [4.69, 9.17) is 9.57 Å². The van der Waals surface area contributed by atoms with Crippen molar-refractivity contribution in [3.05, 3.63) is 71.6 Å². The number of carbonyl (C=O) groups is 2. The highest BCUT2D eigenvalue weighted by molar-refractivity contribution is 6.49. The number of oxime groups is 1. The van der Waals surface area contributed by atoms with Gasteiger partial charge in [-0.3, -0.25) is 4.79 Å². The molecular formula is C26H25F2N4O4+. The molecule has 8 nitrogen and oxygen atoms in total. The van der Waals surface area contributed by atoms with Crippen molar-refractivity contribution in [3.63, 3.8) is 0 Å². The number of hydrogen-bond acceptors (Lipinski definition) is 7. The molecule has 0 radical (unpaired) electrons. The lowest BCUT2D eigenvalue weighted by Gasteiger charge is -2.28. The van der Waals surface area contributed by atoms with Crippen molar-refractivity contribution < 1.29 is 27.9 Å². The van der Waals surface area contributed by atoms with Crippen LogP contribution in [0.1, 0.15) is 36.7 Å².